The smallest absolute Gasteiger partial charge is 0.410 e. The molecule has 1 heterocycles. The molecule has 2 fully saturated rings. The maximum atomic E-state index is 12.5. The van der Waals surface area contributed by atoms with Crippen molar-refractivity contribution in [1.29, 1.82) is 0 Å². The van der Waals surface area contributed by atoms with E-state index in [1.54, 1.807) is 11.8 Å². The first-order chi connectivity index (χ1) is 11.2. The third-order valence-electron chi connectivity index (χ3n) is 4.86. The van der Waals surface area contributed by atoms with Crippen LogP contribution in [0, 0.1) is 11.8 Å². The van der Waals surface area contributed by atoms with Crippen molar-refractivity contribution in [3.05, 3.63) is 35.9 Å². The summed E-state index contributed by atoms with van der Waals surface area (Å²) in [5, 5.41) is 0. The maximum absolute atomic E-state index is 12.5. The highest BCUT2D eigenvalue weighted by molar-refractivity contribution is 5.82. The van der Waals surface area contributed by atoms with Crippen molar-refractivity contribution in [1.82, 2.24) is 4.90 Å². The summed E-state index contributed by atoms with van der Waals surface area (Å²) in [7, 11) is 0. The molecule has 1 saturated carbocycles. The number of benzene rings is 1. The van der Waals surface area contributed by atoms with Crippen LogP contribution in [0.5, 0.6) is 0 Å². The monoisotopic (exact) mass is 317 g/mol. The van der Waals surface area contributed by atoms with Gasteiger partial charge in [0.15, 0.2) is 0 Å². The van der Waals surface area contributed by atoms with Gasteiger partial charge in [-0.05, 0) is 37.2 Å². The fourth-order valence-electron chi connectivity index (χ4n) is 3.83. The van der Waals surface area contributed by atoms with Crippen molar-refractivity contribution < 1.29 is 19.1 Å². The number of nitrogens with zero attached hydrogens (tertiary/aromatic N) is 1. The summed E-state index contributed by atoms with van der Waals surface area (Å²) in [6.07, 6.45) is 2.76. The van der Waals surface area contributed by atoms with Gasteiger partial charge in [0.05, 0.1) is 6.61 Å². The van der Waals surface area contributed by atoms with Gasteiger partial charge in [-0.2, -0.15) is 0 Å². The number of likely N-dealkylation sites (tertiary alicyclic amines) is 1. The lowest BCUT2D eigenvalue weighted by Crippen LogP contribution is -2.44. The van der Waals surface area contributed by atoms with Crippen LogP contribution in [0.2, 0.25) is 0 Å². The normalized spacial score (nSPS) is 26.0. The zero-order valence-electron chi connectivity index (χ0n) is 13.4. The van der Waals surface area contributed by atoms with E-state index >= 15 is 0 Å². The predicted octanol–water partition coefficient (Wildman–Crippen LogP) is 2.99. The van der Waals surface area contributed by atoms with Gasteiger partial charge in [-0.1, -0.05) is 36.8 Å². The van der Waals surface area contributed by atoms with Crippen LogP contribution >= 0.6 is 0 Å². The second-order valence-corrected chi connectivity index (χ2v) is 6.24. The Morgan fingerprint density at radius 3 is 2.70 bits per heavy atom. The van der Waals surface area contributed by atoms with Gasteiger partial charge in [-0.25, -0.2) is 9.59 Å². The Balaban J connectivity index is 1.66. The Hall–Kier alpha value is -2.04. The molecule has 124 valence electrons. The number of fused-ring (bicyclic) bond motifs is 1. The standard InChI is InChI=1S/C18H23NO4/c1-2-22-17(20)16-15-10-6-9-14(15)11-19(16)18(21)23-12-13-7-4-3-5-8-13/h3-5,7-8,14-16H,2,6,9-12H2,1H3/t14-,15-,16-/m0/s1. The molecule has 1 aromatic carbocycles. The molecule has 1 aromatic rings. The molecular formula is C18H23NO4. The number of amides is 1. The van der Waals surface area contributed by atoms with E-state index in [2.05, 4.69) is 0 Å². The SMILES string of the molecule is CCOC(=O)[C@@H]1[C@H]2CCC[C@H]2CN1C(=O)OCc1ccccc1. The molecule has 0 bridgehead atoms. The Morgan fingerprint density at radius 2 is 1.96 bits per heavy atom. The van der Waals surface area contributed by atoms with E-state index in [0.29, 0.717) is 19.1 Å². The molecule has 5 nitrogen and oxygen atoms in total. The van der Waals surface area contributed by atoms with Gasteiger partial charge in [0.1, 0.15) is 12.6 Å². The van der Waals surface area contributed by atoms with Gasteiger partial charge >= 0.3 is 12.1 Å². The van der Waals surface area contributed by atoms with Crippen molar-refractivity contribution in [2.75, 3.05) is 13.2 Å². The van der Waals surface area contributed by atoms with Gasteiger partial charge in [-0.3, -0.25) is 4.90 Å². The van der Waals surface area contributed by atoms with Crippen LogP contribution in [-0.2, 0) is 20.9 Å². The molecule has 1 aliphatic carbocycles. The first-order valence-corrected chi connectivity index (χ1v) is 8.34. The van der Waals surface area contributed by atoms with E-state index < -0.39 is 12.1 Å². The lowest BCUT2D eigenvalue weighted by molar-refractivity contribution is -0.149. The number of carbonyl (C=O) groups is 2. The first-order valence-electron chi connectivity index (χ1n) is 8.34. The van der Waals surface area contributed by atoms with Crippen LogP contribution in [0.25, 0.3) is 0 Å². The minimum absolute atomic E-state index is 0.221. The third-order valence-corrected chi connectivity index (χ3v) is 4.86. The Labute approximate surface area is 136 Å². The first kappa shape index (κ1) is 15.8. The van der Waals surface area contributed by atoms with Crippen LogP contribution in [0.4, 0.5) is 4.79 Å². The van der Waals surface area contributed by atoms with Crippen LogP contribution in [-0.4, -0.2) is 36.2 Å². The quantitative estimate of drug-likeness (QED) is 0.801. The molecule has 0 radical (unpaired) electrons. The van der Waals surface area contributed by atoms with Crippen molar-refractivity contribution in [3.63, 3.8) is 0 Å². The number of ether oxygens (including phenoxy) is 2. The number of rotatable bonds is 4. The Kier molecular flexibility index (Phi) is 4.84. The molecule has 3 atom stereocenters. The molecule has 1 amide bonds. The highest BCUT2D eigenvalue weighted by Gasteiger charge is 2.50. The molecule has 2 aliphatic rings. The van der Waals surface area contributed by atoms with Crippen LogP contribution < -0.4 is 0 Å². The minimum atomic E-state index is -0.481. The van der Waals surface area contributed by atoms with Gasteiger partial charge in [0, 0.05) is 6.54 Å². The molecule has 23 heavy (non-hydrogen) atoms. The van der Waals surface area contributed by atoms with Gasteiger partial charge < -0.3 is 9.47 Å². The second-order valence-electron chi connectivity index (χ2n) is 6.24. The maximum Gasteiger partial charge on any atom is 0.410 e. The summed E-state index contributed by atoms with van der Waals surface area (Å²) in [5.41, 5.74) is 0.938. The summed E-state index contributed by atoms with van der Waals surface area (Å²) in [6.45, 7) is 2.94. The van der Waals surface area contributed by atoms with E-state index in [1.165, 1.54) is 0 Å². The zero-order chi connectivity index (χ0) is 16.2. The zero-order valence-corrected chi connectivity index (χ0v) is 13.4. The summed E-state index contributed by atoms with van der Waals surface area (Å²) < 4.78 is 10.6. The van der Waals surface area contributed by atoms with E-state index in [-0.39, 0.29) is 18.5 Å². The van der Waals surface area contributed by atoms with Gasteiger partial charge in [0.2, 0.25) is 0 Å². The largest absolute Gasteiger partial charge is 0.464 e. The molecular weight excluding hydrogens is 294 g/mol. The molecule has 0 N–H and O–H groups in total. The van der Waals surface area contributed by atoms with Crippen molar-refractivity contribution in [2.24, 2.45) is 11.8 Å². The van der Waals surface area contributed by atoms with Gasteiger partial charge in [-0.15, -0.1) is 0 Å². The van der Waals surface area contributed by atoms with E-state index in [0.717, 1.165) is 24.8 Å². The van der Waals surface area contributed by atoms with Crippen LogP contribution in [0.3, 0.4) is 0 Å². The molecule has 0 spiro atoms. The lowest BCUT2D eigenvalue weighted by Gasteiger charge is -2.25. The molecule has 0 unspecified atom stereocenters. The highest BCUT2D eigenvalue weighted by Crippen LogP contribution is 2.42. The molecule has 3 rings (SSSR count). The van der Waals surface area contributed by atoms with Crippen molar-refractivity contribution in [2.45, 2.75) is 38.8 Å². The fourth-order valence-corrected chi connectivity index (χ4v) is 3.83. The van der Waals surface area contributed by atoms with E-state index in [4.69, 9.17) is 9.47 Å². The Morgan fingerprint density at radius 1 is 1.17 bits per heavy atom. The van der Waals surface area contributed by atoms with Crippen LogP contribution in [0.1, 0.15) is 31.7 Å². The molecule has 1 saturated heterocycles. The molecule has 5 heteroatoms. The number of esters is 1. The number of carbonyl (C=O) groups excluding carboxylic acids is 2. The van der Waals surface area contributed by atoms with Crippen LogP contribution in [0.15, 0.2) is 30.3 Å². The molecule has 1 aliphatic heterocycles. The Bertz CT molecular complexity index is 559. The summed E-state index contributed by atoms with van der Waals surface area (Å²) in [4.78, 5) is 26.3. The summed E-state index contributed by atoms with van der Waals surface area (Å²) in [5.74, 6) is 0.325. The second kappa shape index (κ2) is 7.02. The van der Waals surface area contributed by atoms with Gasteiger partial charge in [0.25, 0.3) is 0 Å². The predicted molar refractivity (Wildman–Crippen MR) is 84.6 cm³/mol. The third kappa shape index (κ3) is 3.33. The minimum Gasteiger partial charge on any atom is -0.464 e. The van der Waals surface area contributed by atoms with E-state index in [9.17, 15) is 9.59 Å². The lowest BCUT2D eigenvalue weighted by atomic mass is 9.94. The topological polar surface area (TPSA) is 55.8 Å². The fraction of sp³-hybridized carbons (Fsp3) is 0.556. The van der Waals surface area contributed by atoms with E-state index in [1.807, 2.05) is 30.3 Å². The van der Waals surface area contributed by atoms with Crippen molar-refractivity contribution >= 4 is 12.1 Å². The average Bonchev–Trinajstić information content (AvgIpc) is 3.14. The number of hydrogen-bond donors (Lipinski definition) is 0. The summed E-state index contributed by atoms with van der Waals surface area (Å²) in [6, 6.07) is 9.08. The highest BCUT2D eigenvalue weighted by atomic mass is 16.6. The summed E-state index contributed by atoms with van der Waals surface area (Å²) >= 11 is 0. The molecule has 0 aromatic heterocycles. The average molecular weight is 317 g/mol. The van der Waals surface area contributed by atoms with Crippen molar-refractivity contribution in [3.8, 4) is 0 Å². The number of hydrogen-bond acceptors (Lipinski definition) is 4.